The van der Waals surface area contributed by atoms with Gasteiger partial charge in [-0.3, -0.25) is 0 Å². The molecule has 2 unspecified atom stereocenters. The van der Waals surface area contributed by atoms with E-state index in [0.717, 1.165) is 12.8 Å². The highest BCUT2D eigenvalue weighted by Crippen LogP contribution is 2.35. The van der Waals surface area contributed by atoms with Gasteiger partial charge in [-0.05, 0) is 24.7 Å². The van der Waals surface area contributed by atoms with E-state index in [-0.39, 0.29) is 12.1 Å². The minimum absolute atomic E-state index is 0.257. The van der Waals surface area contributed by atoms with Gasteiger partial charge in [-0.2, -0.15) is 0 Å². The predicted molar refractivity (Wildman–Crippen MR) is 46.4 cm³/mol. The molecule has 66 valence electrons. The van der Waals surface area contributed by atoms with E-state index in [9.17, 15) is 0 Å². The van der Waals surface area contributed by atoms with Crippen molar-refractivity contribution < 1.29 is 4.74 Å². The van der Waals surface area contributed by atoms with Crippen molar-refractivity contribution in [2.75, 3.05) is 7.11 Å². The van der Waals surface area contributed by atoms with Crippen molar-refractivity contribution in [2.45, 2.75) is 45.3 Å². The molecule has 0 radical (unpaired) electrons. The minimum atomic E-state index is 0.257. The maximum absolute atomic E-state index is 5.89. The van der Waals surface area contributed by atoms with Gasteiger partial charge in [-0.15, -0.1) is 0 Å². The van der Waals surface area contributed by atoms with E-state index < -0.39 is 0 Å². The fourth-order valence-corrected chi connectivity index (χ4v) is 1.80. The van der Waals surface area contributed by atoms with E-state index in [1.54, 1.807) is 7.11 Å². The Hall–Kier alpha value is -0.0800. The first-order valence-corrected chi connectivity index (χ1v) is 4.33. The van der Waals surface area contributed by atoms with Crippen molar-refractivity contribution in [3.05, 3.63) is 0 Å². The van der Waals surface area contributed by atoms with E-state index in [1.165, 1.54) is 6.42 Å². The van der Waals surface area contributed by atoms with Crippen molar-refractivity contribution in [2.24, 2.45) is 11.1 Å². The Kier molecular flexibility index (Phi) is 2.55. The SMILES string of the molecule is COC1CC(C)(C)CCC1N. The van der Waals surface area contributed by atoms with Crippen molar-refractivity contribution in [3.8, 4) is 0 Å². The molecule has 1 aliphatic carbocycles. The largest absolute Gasteiger partial charge is 0.380 e. The van der Waals surface area contributed by atoms with Crippen molar-refractivity contribution in [3.63, 3.8) is 0 Å². The van der Waals surface area contributed by atoms with Crippen LogP contribution in [0.2, 0.25) is 0 Å². The van der Waals surface area contributed by atoms with E-state index >= 15 is 0 Å². The van der Waals surface area contributed by atoms with Gasteiger partial charge < -0.3 is 10.5 Å². The van der Waals surface area contributed by atoms with Crippen molar-refractivity contribution >= 4 is 0 Å². The van der Waals surface area contributed by atoms with Gasteiger partial charge >= 0.3 is 0 Å². The van der Waals surface area contributed by atoms with E-state index in [4.69, 9.17) is 10.5 Å². The average Bonchev–Trinajstić information content (AvgIpc) is 1.94. The normalized spacial score (nSPS) is 37.1. The summed E-state index contributed by atoms with van der Waals surface area (Å²) in [6.07, 6.45) is 3.71. The summed E-state index contributed by atoms with van der Waals surface area (Å²) >= 11 is 0. The molecule has 1 saturated carbocycles. The van der Waals surface area contributed by atoms with Crippen molar-refractivity contribution in [1.82, 2.24) is 0 Å². The van der Waals surface area contributed by atoms with Crippen LogP contribution in [-0.4, -0.2) is 19.3 Å². The molecule has 0 aromatic heterocycles. The number of hydrogen-bond acceptors (Lipinski definition) is 2. The van der Waals surface area contributed by atoms with Gasteiger partial charge in [0, 0.05) is 13.2 Å². The molecule has 0 aromatic carbocycles. The zero-order valence-corrected chi connectivity index (χ0v) is 7.76. The van der Waals surface area contributed by atoms with Crippen LogP contribution in [0.1, 0.15) is 33.1 Å². The zero-order valence-electron chi connectivity index (χ0n) is 7.76. The number of ether oxygens (including phenoxy) is 1. The van der Waals surface area contributed by atoms with E-state index in [2.05, 4.69) is 13.8 Å². The summed E-state index contributed by atoms with van der Waals surface area (Å²) in [6, 6.07) is 0.257. The summed E-state index contributed by atoms with van der Waals surface area (Å²) in [5, 5.41) is 0. The fraction of sp³-hybridized carbons (Fsp3) is 1.00. The number of methoxy groups -OCH3 is 1. The van der Waals surface area contributed by atoms with Gasteiger partial charge in [-0.1, -0.05) is 13.8 Å². The first kappa shape index (κ1) is 9.01. The first-order chi connectivity index (χ1) is 5.05. The number of rotatable bonds is 1. The van der Waals surface area contributed by atoms with Crippen LogP contribution in [0.5, 0.6) is 0 Å². The molecule has 0 aromatic rings. The molecule has 11 heavy (non-hydrogen) atoms. The first-order valence-electron chi connectivity index (χ1n) is 4.33. The van der Waals surface area contributed by atoms with Gasteiger partial charge in [0.25, 0.3) is 0 Å². The molecule has 2 atom stereocenters. The number of nitrogens with two attached hydrogens (primary N) is 1. The van der Waals surface area contributed by atoms with Crippen LogP contribution in [0.3, 0.4) is 0 Å². The Labute approximate surface area is 69.1 Å². The molecule has 0 bridgehead atoms. The summed E-state index contributed by atoms with van der Waals surface area (Å²) in [4.78, 5) is 0. The molecular weight excluding hydrogens is 138 g/mol. The van der Waals surface area contributed by atoms with Gasteiger partial charge in [0.1, 0.15) is 0 Å². The molecule has 0 heterocycles. The quantitative estimate of drug-likeness (QED) is 0.626. The molecule has 0 saturated heterocycles. The third-order valence-corrected chi connectivity index (χ3v) is 2.69. The lowest BCUT2D eigenvalue weighted by Gasteiger charge is -2.38. The van der Waals surface area contributed by atoms with Crippen LogP contribution >= 0.6 is 0 Å². The van der Waals surface area contributed by atoms with Crippen LogP contribution in [0.25, 0.3) is 0 Å². The molecule has 0 spiro atoms. The van der Waals surface area contributed by atoms with Crippen LogP contribution in [0, 0.1) is 5.41 Å². The summed E-state index contributed by atoms with van der Waals surface area (Å²) in [6.45, 7) is 4.57. The Bertz CT molecular complexity index is 134. The second-order valence-electron chi connectivity index (χ2n) is 4.35. The summed E-state index contributed by atoms with van der Waals surface area (Å²) in [7, 11) is 1.76. The molecular formula is C9H19NO. The second kappa shape index (κ2) is 3.11. The Balaban J connectivity index is 2.51. The lowest BCUT2D eigenvalue weighted by Crippen LogP contribution is -2.43. The zero-order chi connectivity index (χ0) is 8.48. The third kappa shape index (κ3) is 2.17. The molecule has 2 heteroatoms. The molecule has 0 amide bonds. The third-order valence-electron chi connectivity index (χ3n) is 2.69. The lowest BCUT2D eigenvalue weighted by atomic mass is 9.74. The molecule has 1 fully saturated rings. The minimum Gasteiger partial charge on any atom is -0.380 e. The molecule has 1 rings (SSSR count). The van der Waals surface area contributed by atoms with Crippen LogP contribution in [-0.2, 0) is 4.74 Å². The lowest BCUT2D eigenvalue weighted by molar-refractivity contribution is 0.0109. The molecule has 0 aliphatic heterocycles. The summed E-state index contributed by atoms with van der Waals surface area (Å²) in [5.41, 5.74) is 6.31. The Morgan fingerprint density at radius 2 is 2.09 bits per heavy atom. The average molecular weight is 157 g/mol. The highest BCUT2D eigenvalue weighted by atomic mass is 16.5. The van der Waals surface area contributed by atoms with Crippen LogP contribution in [0.15, 0.2) is 0 Å². The van der Waals surface area contributed by atoms with Gasteiger partial charge in [0.05, 0.1) is 6.10 Å². The monoisotopic (exact) mass is 157 g/mol. The van der Waals surface area contributed by atoms with Crippen LogP contribution in [0.4, 0.5) is 0 Å². The second-order valence-corrected chi connectivity index (χ2v) is 4.35. The summed E-state index contributed by atoms with van der Waals surface area (Å²) < 4.78 is 5.31. The smallest absolute Gasteiger partial charge is 0.0727 e. The van der Waals surface area contributed by atoms with Gasteiger partial charge in [-0.25, -0.2) is 0 Å². The Morgan fingerprint density at radius 1 is 1.45 bits per heavy atom. The van der Waals surface area contributed by atoms with Gasteiger partial charge in [0.2, 0.25) is 0 Å². The van der Waals surface area contributed by atoms with Gasteiger partial charge in [0.15, 0.2) is 0 Å². The highest BCUT2D eigenvalue weighted by Gasteiger charge is 2.32. The fourth-order valence-electron chi connectivity index (χ4n) is 1.80. The topological polar surface area (TPSA) is 35.2 Å². The summed E-state index contributed by atoms with van der Waals surface area (Å²) in [5.74, 6) is 0. The van der Waals surface area contributed by atoms with Crippen LogP contribution < -0.4 is 5.73 Å². The highest BCUT2D eigenvalue weighted by molar-refractivity contribution is 4.87. The Morgan fingerprint density at radius 3 is 2.55 bits per heavy atom. The standard InChI is InChI=1S/C9H19NO/c1-9(2)5-4-7(10)8(6-9)11-3/h7-8H,4-6,10H2,1-3H3. The number of hydrogen-bond donors (Lipinski definition) is 1. The molecule has 2 nitrogen and oxygen atoms in total. The maximum Gasteiger partial charge on any atom is 0.0727 e. The van der Waals surface area contributed by atoms with E-state index in [1.807, 2.05) is 0 Å². The van der Waals surface area contributed by atoms with Crippen molar-refractivity contribution in [1.29, 1.82) is 0 Å². The molecule has 1 aliphatic rings. The molecule has 2 N–H and O–H groups in total. The van der Waals surface area contributed by atoms with E-state index in [0.29, 0.717) is 5.41 Å². The maximum atomic E-state index is 5.89. The predicted octanol–water partition coefficient (Wildman–Crippen LogP) is 1.54.